The Kier molecular flexibility index (Phi) is 4.93. The number of nitrogens with zero attached hydrogens (tertiary/aromatic N) is 1. The summed E-state index contributed by atoms with van der Waals surface area (Å²) in [6, 6.07) is 13.6. The molecule has 0 saturated heterocycles. The Morgan fingerprint density at radius 2 is 1.95 bits per heavy atom. The molecule has 0 spiro atoms. The second kappa shape index (κ2) is 7.16. The van der Waals surface area contributed by atoms with Crippen LogP contribution in [0.15, 0.2) is 54.9 Å². The van der Waals surface area contributed by atoms with Gasteiger partial charge in [0, 0.05) is 12.7 Å². The molecule has 19 heavy (non-hydrogen) atoms. The first kappa shape index (κ1) is 13.1. The van der Waals surface area contributed by atoms with Crippen LogP contribution in [0.3, 0.4) is 0 Å². The number of pyridine rings is 1. The average Bonchev–Trinajstić information content (AvgIpc) is 2.46. The van der Waals surface area contributed by atoms with Crippen molar-refractivity contribution in [2.24, 2.45) is 0 Å². The summed E-state index contributed by atoms with van der Waals surface area (Å²) in [7, 11) is 0. The summed E-state index contributed by atoms with van der Waals surface area (Å²) in [6.45, 7) is 0.654. The Morgan fingerprint density at radius 1 is 1.11 bits per heavy atom. The van der Waals surface area contributed by atoms with Crippen molar-refractivity contribution in [3.63, 3.8) is 0 Å². The standard InChI is InChI=1S/C15H17N3O/c19-15(18-14-9-5-10-16-12-14)17-11-4-8-13-6-2-1-3-7-13/h1-3,5-7,9-10,12H,4,8,11H2,(H2,17,18,19). The highest BCUT2D eigenvalue weighted by molar-refractivity contribution is 5.88. The number of aromatic nitrogens is 1. The fourth-order valence-electron chi connectivity index (χ4n) is 1.75. The predicted octanol–water partition coefficient (Wildman–Crippen LogP) is 2.84. The highest BCUT2D eigenvalue weighted by atomic mass is 16.2. The monoisotopic (exact) mass is 255 g/mol. The smallest absolute Gasteiger partial charge is 0.319 e. The second-order valence-electron chi connectivity index (χ2n) is 4.21. The molecule has 0 aliphatic heterocycles. The molecule has 2 N–H and O–H groups in total. The fourth-order valence-corrected chi connectivity index (χ4v) is 1.75. The third-order valence-corrected chi connectivity index (χ3v) is 2.69. The first-order valence-corrected chi connectivity index (χ1v) is 6.33. The van der Waals surface area contributed by atoms with Crippen LogP contribution in [0, 0.1) is 0 Å². The molecule has 4 heteroatoms. The zero-order valence-corrected chi connectivity index (χ0v) is 10.7. The van der Waals surface area contributed by atoms with E-state index in [9.17, 15) is 4.79 Å². The van der Waals surface area contributed by atoms with Gasteiger partial charge in [-0.3, -0.25) is 4.98 Å². The number of rotatable bonds is 5. The van der Waals surface area contributed by atoms with E-state index in [4.69, 9.17) is 0 Å². The maximum Gasteiger partial charge on any atom is 0.319 e. The Hall–Kier alpha value is -2.36. The van der Waals surface area contributed by atoms with Crippen LogP contribution in [-0.2, 0) is 6.42 Å². The van der Waals surface area contributed by atoms with Crippen LogP contribution >= 0.6 is 0 Å². The Labute approximate surface area is 112 Å². The molecule has 0 fully saturated rings. The number of urea groups is 1. The Balaban J connectivity index is 1.65. The van der Waals surface area contributed by atoms with E-state index in [1.54, 1.807) is 24.5 Å². The van der Waals surface area contributed by atoms with Gasteiger partial charge < -0.3 is 10.6 Å². The number of hydrogen-bond acceptors (Lipinski definition) is 2. The third kappa shape index (κ3) is 4.79. The first-order chi connectivity index (χ1) is 9.34. The molecular weight excluding hydrogens is 238 g/mol. The van der Waals surface area contributed by atoms with Gasteiger partial charge in [0.05, 0.1) is 11.9 Å². The Morgan fingerprint density at radius 3 is 2.68 bits per heavy atom. The Bertz CT molecular complexity index is 499. The lowest BCUT2D eigenvalue weighted by atomic mass is 10.1. The maximum atomic E-state index is 11.6. The van der Waals surface area contributed by atoms with E-state index in [0.29, 0.717) is 12.2 Å². The van der Waals surface area contributed by atoms with Crippen molar-refractivity contribution in [2.75, 3.05) is 11.9 Å². The van der Waals surface area contributed by atoms with Crippen LogP contribution in [0.5, 0.6) is 0 Å². The lowest BCUT2D eigenvalue weighted by molar-refractivity contribution is 0.252. The van der Waals surface area contributed by atoms with Gasteiger partial charge in [-0.1, -0.05) is 30.3 Å². The van der Waals surface area contributed by atoms with Gasteiger partial charge in [-0.25, -0.2) is 4.79 Å². The molecule has 0 saturated carbocycles. The van der Waals surface area contributed by atoms with Crippen molar-refractivity contribution < 1.29 is 4.79 Å². The van der Waals surface area contributed by atoms with Gasteiger partial charge in [-0.05, 0) is 30.5 Å². The molecule has 2 aromatic rings. The molecule has 0 aliphatic rings. The van der Waals surface area contributed by atoms with Gasteiger partial charge in [0.1, 0.15) is 0 Å². The van der Waals surface area contributed by atoms with Crippen LogP contribution in [0.2, 0.25) is 0 Å². The van der Waals surface area contributed by atoms with Gasteiger partial charge in [0.15, 0.2) is 0 Å². The number of carbonyl (C=O) groups excluding carboxylic acids is 1. The maximum absolute atomic E-state index is 11.6. The average molecular weight is 255 g/mol. The minimum absolute atomic E-state index is 0.193. The largest absolute Gasteiger partial charge is 0.338 e. The summed E-state index contributed by atoms with van der Waals surface area (Å²) < 4.78 is 0. The SMILES string of the molecule is O=C(NCCCc1ccccc1)Nc1cccnc1. The zero-order chi connectivity index (χ0) is 13.3. The van der Waals surface area contributed by atoms with Crippen LogP contribution in [0.25, 0.3) is 0 Å². The number of hydrogen-bond donors (Lipinski definition) is 2. The van der Waals surface area contributed by atoms with Crippen molar-refractivity contribution >= 4 is 11.7 Å². The summed E-state index contributed by atoms with van der Waals surface area (Å²) in [5.41, 5.74) is 1.99. The molecule has 1 aromatic heterocycles. The van der Waals surface area contributed by atoms with Crippen molar-refractivity contribution in [2.45, 2.75) is 12.8 Å². The lowest BCUT2D eigenvalue weighted by Crippen LogP contribution is -2.29. The van der Waals surface area contributed by atoms with Crippen LogP contribution in [0.4, 0.5) is 10.5 Å². The van der Waals surface area contributed by atoms with E-state index >= 15 is 0 Å². The molecule has 0 aliphatic carbocycles. The summed E-state index contributed by atoms with van der Waals surface area (Å²) in [5.74, 6) is 0. The van der Waals surface area contributed by atoms with Crippen molar-refractivity contribution in [1.29, 1.82) is 0 Å². The lowest BCUT2D eigenvalue weighted by Gasteiger charge is -2.07. The van der Waals surface area contributed by atoms with Gasteiger partial charge in [-0.15, -0.1) is 0 Å². The number of benzene rings is 1. The molecule has 2 amide bonds. The summed E-state index contributed by atoms with van der Waals surface area (Å²) in [4.78, 5) is 15.5. The molecule has 2 rings (SSSR count). The number of carbonyl (C=O) groups is 1. The molecule has 0 atom stereocenters. The van der Waals surface area contributed by atoms with Crippen molar-refractivity contribution in [3.05, 3.63) is 60.4 Å². The molecule has 0 bridgehead atoms. The number of anilines is 1. The van der Waals surface area contributed by atoms with E-state index in [2.05, 4.69) is 27.8 Å². The predicted molar refractivity (Wildman–Crippen MR) is 76.0 cm³/mol. The first-order valence-electron chi connectivity index (χ1n) is 6.33. The van der Waals surface area contributed by atoms with E-state index < -0.39 is 0 Å². The van der Waals surface area contributed by atoms with E-state index in [0.717, 1.165) is 12.8 Å². The number of nitrogens with one attached hydrogen (secondary N) is 2. The fraction of sp³-hybridized carbons (Fsp3) is 0.200. The minimum Gasteiger partial charge on any atom is -0.338 e. The third-order valence-electron chi connectivity index (χ3n) is 2.69. The topological polar surface area (TPSA) is 54.0 Å². The van der Waals surface area contributed by atoms with Gasteiger partial charge in [0.2, 0.25) is 0 Å². The summed E-state index contributed by atoms with van der Waals surface area (Å²) in [6.07, 6.45) is 5.17. The molecule has 0 unspecified atom stereocenters. The van der Waals surface area contributed by atoms with Crippen LogP contribution in [0.1, 0.15) is 12.0 Å². The highest BCUT2D eigenvalue weighted by Gasteiger charge is 2.00. The minimum atomic E-state index is -0.193. The number of aryl methyl sites for hydroxylation is 1. The van der Waals surface area contributed by atoms with Crippen molar-refractivity contribution in [3.8, 4) is 0 Å². The number of amides is 2. The molecule has 1 aromatic carbocycles. The highest BCUT2D eigenvalue weighted by Crippen LogP contribution is 2.03. The van der Waals surface area contributed by atoms with Crippen LogP contribution < -0.4 is 10.6 Å². The molecule has 98 valence electrons. The molecule has 1 heterocycles. The van der Waals surface area contributed by atoms with Crippen LogP contribution in [-0.4, -0.2) is 17.6 Å². The van der Waals surface area contributed by atoms with Gasteiger partial charge >= 0.3 is 6.03 Å². The van der Waals surface area contributed by atoms with E-state index in [1.807, 2.05) is 18.2 Å². The summed E-state index contributed by atoms with van der Waals surface area (Å²) >= 11 is 0. The normalized spacial score (nSPS) is 9.89. The second-order valence-corrected chi connectivity index (χ2v) is 4.21. The summed E-state index contributed by atoms with van der Waals surface area (Å²) in [5, 5.41) is 5.55. The molecule has 4 nitrogen and oxygen atoms in total. The molecular formula is C15H17N3O. The molecule has 0 radical (unpaired) electrons. The van der Waals surface area contributed by atoms with Gasteiger partial charge in [0.25, 0.3) is 0 Å². The zero-order valence-electron chi connectivity index (χ0n) is 10.7. The van der Waals surface area contributed by atoms with E-state index in [-0.39, 0.29) is 6.03 Å². The van der Waals surface area contributed by atoms with Gasteiger partial charge in [-0.2, -0.15) is 0 Å². The van der Waals surface area contributed by atoms with E-state index in [1.165, 1.54) is 5.56 Å². The quantitative estimate of drug-likeness (QED) is 0.807. The van der Waals surface area contributed by atoms with Crippen molar-refractivity contribution in [1.82, 2.24) is 10.3 Å².